The van der Waals surface area contributed by atoms with E-state index in [0.29, 0.717) is 6.54 Å². The van der Waals surface area contributed by atoms with Gasteiger partial charge in [0.1, 0.15) is 0 Å². The van der Waals surface area contributed by atoms with Crippen LogP contribution in [0.1, 0.15) is 24.8 Å². The highest BCUT2D eigenvalue weighted by Gasteiger charge is 2.15. The van der Waals surface area contributed by atoms with Crippen LogP contribution in [0, 0.1) is 0 Å². The Morgan fingerprint density at radius 2 is 1.78 bits per heavy atom. The smallest absolute Gasteiger partial charge is 0.240 e. The van der Waals surface area contributed by atoms with Crippen molar-refractivity contribution in [1.82, 2.24) is 9.62 Å². The molecular formula is C20H26N4O2S. The zero-order chi connectivity index (χ0) is 19.1. The molecule has 0 saturated carbocycles. The summed E-state index contributed by atoms with van der Waals surface area (Å²) in [5.41, 5.74) is 1.85. The number of nitrogens with one attached hydrogen (secondary N) is 2. The summed E-state index contributed by atoms with van der Waals surface area (Å²) < 4.78 is 26.4. The van der Waals surface area contributed by atoms with Crippen molar-refractivity contribution in [1.29, 1.82) is 0 Å². The van der Waals surface area contributed by atoms with Gasteiger partial charge in [0.25, 0.3) is 0 Å². The molecule has 144 valence electrons. The second kappa shape index (κ2) is 9.01. The van der Waals surface area contributed by atoms with E-state index in [9.17, 15) is 8.42 Å². The van der Waals surface area contributed by atoms with E-state index in [1.54, 1.807) is 18.2 Å². The monoisotopic (exact) mass is 386 g/mol. The van der Waals surface area contributed by atoms with Crippen molar-refractivity contribution >= 4 is 21.7 Å². The highest BCUT2D eigenvalue weighted by molar-refractivity contribution is 7.89. The van der Waals surface area contributed by atoms with Crippen molar-refractivity contribution in [3.8, 4) is 0 Å². The molecule has 1 saturated heterocycles. The summed E-state index contributed by atoms with van der Waals surface area (Å²) in [5.74, 6) is 0.836. The van der Waals surface area contributed by atoms with Gasteiger partial charge >= 0.3 is 0 Å². The van der Waals surface area contributed by atoms with E-state index in [-0.39, 0.29) is 4.90 Å². The summed E-state index contributed by atoms with van der Waals surface area (Å²) >= 11 is 0. The normalized spacial score (nSPS) is 15.6. The molecule has 6 nitrogen and oxygen atoms in total. The molecule has 1 heterocycles. The minimum Gasteiger partial charge on any atom is -0.343 e. The van der Waals surface area contributed by atoms with Crippen LogP contribution < -0.4 is 10.0 Å². The van der Waals surface area contributed by atoms with Crippen molar-refractivity contribution in [3.05, 3.63) is 60.2 Å². The fraction of sp³-hybridized carbons (Fsp3) is 0.350. The molecule has 0 radical (unpaired) electrons. The molecule has 1 aliphatic rings. The molecule has 2 N–H and O–H groups in total. The number of sulfonamides is 1. The first-order valence-electron chi connectivity index (χ1n) is 9.22. The molecule has 27 heavy (non-hydrogen) atoms. The van der Waals surface area contributed by atoms with E-state index in [4.69, 9.17) is 4.99 Å². The maximum atomic E-state index is 12.0. The third-order valence-electron chi connectivity index (χ3n) is 4.57. The first-order chi connectivity index (χ1) is 13.1. The Labute approximate surface area is 161 Å². The summed E-state index contributed by atoms with van der Waals surface area (Å²) in [6.45, 7) is 2.37. The zero-order valence-electron chi connectivity index (χ0n) is 15.6. The average molecular weight is 387 g/mol. The molecule has 2 aromatic rings. The summed E-state index contributed by atoms with van der Waals surface area (Å²) in [7, 11) is -2.04. The van der Waals surface area contributed by atoms with Gasteiger partial charge in [0.15, 0.2) is 5.96 Å². The number of piperidine rings is 1. The number of para-hydroxylation sites is 1. The van der Waals surface area contributed by atoms with Crippen LogP contribution >= 0.6 is 0 Å². The Bertz CT molecular complexity index is 876. The quantitative estimate of drug-likeness (QED) is 0.612. The van der Waals surface area contributed by atoms with Crippen molar-refractivity contribution in [2.24, 2.45) is 4.99 Å². The van der Waals surface area contributed by atoms with Crippen LogP contribution in [0.5, 0.6) is 0 Å². The van der Waals surface area contributed by atoms with Gasteiger partial charge < -0.3 is 10.2 Å². The molecule has 0 aromatic heterocycles. The predicted octanol–water partition coefficient (Wildman–Crippen LogP) is 3.05. The predicted molar refractivity (Wildman–Crippen MR) is 109 cm³/mol. The zero-order valence-corrected chi connectivity index (χ0v) is 16.4. The van der Waals surface area contributed by atoms with Gasteiger partial charge in [-0.15, -0.1) is 0 Å². The molecule has 7 heteroatoms. The van der Waals surface area contributed by atoms with Gasteiger partial charge in [-0.25, -0.2) is 18.1 Å². The number of hydrogen-bond donors (Lipinski definition) is 2. The van der Waals surface area contributed by atoms with E-state index >= 15 is 0 Å². The molecular weight excluding hydrogens is 360 g/mol. The summed E-state index contributed by atoms with van der Waals surface area (Å²) in [6.07, 6.45) is 3.57. The molecule has 3 rings (SSSR count). The number of guanidine groups is 1. The van der Waals surface area contributed by atoms with E-state index in [1.165, 1.54) is 13.5 Å². The van der Waals surface area contributed by atoms with E-state index in [1.807, 2.05) is 36.4 Å². The third kappa shape index (κ3) is 5.30. The number of rotatable bonds is 5. The topological polar surface area (TPSA) is 73.8 Å². The van der Waals surface area contributed by atoms with Gasteiger partial charge in [0.05, 0.1) is 11.4 Å². The van der Waals surface area contributed by atoms with Crippen molar-refractivity contribution in [2.75, 3.05) is 25.5 Å². The minimum atomic E-state index is -3.45. The summed E-state index contributed by atoms with van der Waals surface area (Å²) in [4.78, 5) is 7.30. The second-order valence-electron chi connectivity index (χ2n) is 6.53. The lowest BCUT2D eigenvalue weighted by Crippen LogP contribution is -2.40. The second-order valence-corrected chi connectivity index (χ2v) is 8.42. The molecule has 0 atom stereocenters. The number of benzene rings is 2. The standard InChI is InChI=1S/C20H26N4O2S/c1-21-27(25,26)19-12-8-9-17(15-19)16-22-20(24-13-6-3-7-14-24)23-18-10-4-2-5-11-18/h2,4-5,8-12,15,21H,3,6-7,13-14,16H2,1H3,(H,22,23). The van der Waals surface area contributed by atoms with Gasteiger partial charge in [0.2, 0.25) is 10.0 Å². The Morgan fingerprint density at radius 1 is 1.04 bits per heavy atom. The highest BCUT2D eigenvalue weighted by atomic mass is 32.2. The lowest BCUT2D eigenvalue weighted by molar-refractivity contribution is 0.340. The van der Waals surface area contributed by atoms with Crippen molar-refractivity contribution in [3.63, 3.8) is 0 Å². The molecule has 1 fully saturated rings. The van der Waals surface area contributed by atoms with Crippen LogP contribution in [0.4, 0.5) is 5.69 Å². The number of likely N-dealkylation sites (tertiary alicyclic amines) is 1. The average Bonchev–Trinajstić information content (AvgIpc) is 2.72. The number of anilines is 1. The third-order valence-corrected chi connectivity index (χ3v) is 5.99. The first kappa shape index (κ1) is 19.4. The minimum absolute atomic E-state index is 0.258. The number of hydrogen-bond acceptors (Lipinski definition) is 3. The highest BCUT2D eigenvalue weighted by Crippen LogP contribution is 2.15. The molecule has 1 aliphatic heterocycles. The Morgan fingerprint density at radius 3 is 2.48 bits per heavy atom. The van der Waals surface area contributed by atoms with E-state index in [0.717, 1.165) is 43.1 Å². The van der Waals surface area contributed by atoms with Gasteiger partial charge in [-0.05, 0) is 56.1 Å². The van der Waals surface area contributed by atoms with Crippen LogP contribution in [-0.4, -0.2) is 39.4 Å². The fourth-order valence-corrected chi connectivity index (χ4v) is 3.87. The van der Waals surface area contributed by atoms with Crippen LogP contribution in [0.25, 0.3) is 0 Å². The molecule has 0 amide bonds. The van der Waals surface area contributed by atoms with Gasteiger partial charge in [-0.2, -0.15) is 0 Å². The molecule has 0 aliphatic carbocycles. The fourth-order valence-electron chi connectivity index (χ4n) is 3.07. The Balaban J connectivity index is 1.81. The summed E-state index contributed by atoms with van der Waals surface area (Å²) in [5, 5.41) is 3.42. The summed E-state index contributed by atoms with van der Waals surface area (Å²) in [6, 6.07) is 16.9. The molecule has 2 aromatic carbocycles. The maximum Gasteiger partial charge on any atom is 0.240 e. The van der Waals surface area contributed by atoms with Crippen LogP contribution in [0.3, 0.4) is 0 Å². The van der Waals surface area contributed by atoms with Crippen molar-refractivity contribution < 1.29 is 8.42 Å². The van der Waals surface area contributed by atoms with Crippen LogP contribution in [0.2, 0.25) is 0 Å². The van der Waals surface area contributed by atoms with Crippen LogP contribution in [0.15, 0.2) is 64.5 Å². The lowest BCUT2D eigenvalue weighted by atomic mass is 10.1. The van der Waals surface area contributed by atoms with E-state index < -0.39 is 10.0 Å². The number of aliphatic imine (C=N–C) groups is 1. The largest absolute Gasteiger partial charge is 0.343 e. The SMILES string of the molecule is CNS(=O)(=O)c1cccc(CN=C(Nc2ccccc2)N2CCCCC2)c1. The lowest BCUT2D eigenvalue weighted by Gasteiger charge is -2.30. The Kier molecular flexibility index (Phi) is 6.47. The van der Waals surface area contributed by atoms with Crippen LogP contribution in [-0.2, 0) is 16.6 Å². The van der Waals surface area contributed by atoms with E-state index in [2.05, 4.69) is 14.9 Å². The molecule has 0 bridgehead atoms. The number of nitrogens with zero attached hydrogens (tertiary/aromatic N) is 2. The van der Waals surface area contributed by atoms with Gasteiger partial charge in [-0.1, -0.05) is 30.3 Å². The van der Waals surface area contributed by atoms with Crippen molar-refractivity contribution in [2.45, 2.75) is 30.7 Å². The molecule has 0 spiro atoms. The molecule has 0 unspecified atom stereocenters. The Hall–Kier alpha value is -2.38. The van der Waals surface area contributed by atoms with Gasteiger partial charge in [0, 0.05) is 18.8 Å². The first-order valence-corrected chi connectivity index (χ1v) is 10.7. The van der Waals surface area contributed by atoms with Gasteiger partial charge in [-0.3, -0.25) is 0 Å². The maximum absolute atomic E-state index is 12.0.